The molecular weight excluding hydrogens is 324 g/mol. The predicted molar refractivity (Wildman–Crippen MR) is 90.1 cm³/mol. The molecule has 1 amide bonds. The molecule has 4 aromatic rings. The van der Waals surface area contributed by atoms with E-state index in [-0.39, 0.29) is 18.0 Å². The van der Waals surface area contributed by atoms with Gasteiger partial charge in [-0.2, -0.15) is 0 Å². The monoisotopic (exact) mass is 336 g/mol. The zero-order chi connectivity index (χ0) is 17.4. The topological polar surface area (TPSA) is 114 Å². The number of fused-ring (bicyclic) bond motifs is 2. The van der Waals surface area contributed by atoms with Crippen molar-refractivity contribution in [1.29, 1.82) is 0 Å². The molecule has 0 fully saturated rings. The summed E-state index contributed by atoms with van der Waals surface area (Å²) in [4.78, 5) is 30.0. The number of H-pyrrole nitrogens is 1. The number of carbonyl (C=O) groups excluding carboxylic acids is 1. The molecule has 2 aromatic heterocycles. The van der Waals surface area contributed by atoms with E-state index in [1.165, 1.54) is 24.3 Å². The van der Waals surface area contributed by atoms with Gasteiger partial charge in [-0.3, -0.25) is 14.9 Å². The molecule has 0 bridgehead atoms. The molecule has 0 aliphatic heterocycles. The smallest absolute Gasteiger partial charge is 0.287 e. The lowest BCUT2D eigenvalue weighted by Gasteiger charge is -1.99. The van der Waals surface area contributed by atoms with E-state index in [1.807, 2.05) is 24.3 Å². The maximum Gasteiger partial charge on any atom is 0.287 e. The van der Waals surface area contributed by atoms with Gasteiger partial charge in [-0.1, -0.05) is 12.1 Å². The number of benzene rings is 2. The van der Waals surface area contributed by atoms with Crippen molar-refractivity contribution in [3.63, 3.8) is 0 Å². The molecule has 124 valence electrons. The minimum atomic E-state index is -0.492. The number of nitro benzene ring substituents is 1. The zero-order valence-electron chi connectivity index (χ0n) is 12.9. The molecule has 25 heavy (non-hydrogen) atoms. The first-order chi connectivity index (χ1) is 12.1. The third-order valence-corrected chi connectivity index (χ3v) is 3.79. The number of nitro groups is 1. The third-order valence-electron chi connectivity index (χ3n) is 3.79. The number of para-hydroxylation sites is 2. The van der Waals surface area contributed by atoms with Crippen LogP contribution in [0.25, 0.3) is 22.0 Å². The fourth-order valence-electron chi connectivity index (χ4n) is 2.60. The van der Waals surface area contributed by atoms with Crippen molar-refractivity contribution in [2.45, 2.75) is 6.54 Å². The Morgan fingerprint density at radius 1 is 1.24 bits per heavy atom. The molecule has 0 radical (unpaired) electrons. The van der Waals surface area contributed by atoms with Gasteiger partial charge in [0.2, 0.25) is 0 Å². The molecule has 0 aliphatic rings. The van der Waals surface area contributed by atoms with Gasteiger partial charge in [0.1, 0.15) is 11.4 Å². The molecule has 0 atom stereocenters. The fourth-order valence-corrected chi connectivity index (χ4v) is 2.60. The average Bonchev–Trinajstić information content (AvgIpc) is 3.22. The Kier molecular flexibility index (Phi) is 3.42. The minimum absolute atomic E-state index is 0.0532. The number of aromatic amines is 1. The fraction of sp³-hybridized carbons (Fsp3) is 0.0588. The number of nitrogens with one attached hydrogen (secondary N) is 2. The summed E-state index contributed by atoms with van der Waals surface area (Å²) in [6.45, 7) is 0.213. The van der Waals surface area contributed by atoms with E-state index in [4.69, 9.17) is 4.42 Å². The molecule has 8 heteroatoms. The molecule has 0 saturated carbocycles. The van der Waals surface area contributed by atoms with Crippen molar-refractivity contribution >= 4 is 33.6 Å². The maximum absolute atomic E-state index is 12.2. The highest BCUT2D eigenvalue weighted by Crippen LogP contribution is 2.24. The van der Waals surface area contributed by atoms with Gasteiger partial charge in [0.05, 0.1) is 22.5 Å². The summed E-state index contributed by atoms with van der Waals surface area (Å²) >= 11 is 0. The van der Waals surface area contributed by atoms with E-state index in [0.29, 0.717) is 16.8 Å². The number of hydrogen-bond acceptors (Lipinski definition) is 5. The van der Waals surface area contributed by atoms with Crippen molar-refractivity contribution < 1.29 is 14.1 Å². The van der Waals surface area contributed by atoms with Crippen molar-refractivity contribution in [3.05, 3.63) is 70.2 Å². The Hall–Kier alpha value is -3.68. The predicted octanol–water partition coefficient (Wildman–Crippen LogP) is 3.15. The molecule has 2 N–H and O–H groups in total. The van der Waals surface area contributed by atoms with Crippen LogP contribution in [0.2, 0.25) is 0 Å². The summed E-state index contributed by atoms with van der Waals surface area (Å²) < 4.78 is 5.45. The number of non-ortho nitro benzene ring substituents is 1. The van der Waals surface area contributed by atoms with Crippen LogP contribution in [0.5, 0.6) is 0 Å². The molecule has 0 spiro atoms. The lowest BCUT2D eigenvalue weighted by molar-refractivity contribution is -0.384. The van der Waals surface area contributed by atoms with Crippen LogP contribution in [-0.4, -0.2) is 20.8 Å². The Balaban J connectivity index is 1.52. The highest BCUT2D eigenvalue weighted by atomic mass is 16.6. The lowest BCUT2D eigenvalue weighted by Crippen LogP contribution is -2.22. The molecule has 0 saturated heterocycles. The quantitative estimate of drug-likeness (QED) is 0.439. The van der Waals surface area contributed by atoms with Crippen LogP contribution in [-0.2, 0) is 6.54 Å². The number of carbonyl (C=O) groups is 1. The second-order valence-corrected chi connectivity index (χ2v) is 5.47. The van der Waals surface area contributed by atoms with Gasteiger partial charge in [0.25, 0.3) is 11.6 Å². The Bertz CT molecular complexity index is 1080. The number of imidazole rings is 1. The molecule has 0 aliphatic carbocycles. The third kappa shape index (κ3) is 2.80. The van der Waals surface area contributed by atoms with Crippen molar-refractivity contribution in [2.75, 3.05) is 0 Å². The van der Waals surface area contributed by atoms with Gasteiger partial charge in [0, 0.05) is 17.5 Å². The Labute approximate surface area is 140 Å². The van der Waals surface area contributed by atoms with Crippen LogP contribution in [0.3, 0.4) is 0 Å². The van der Waals surface area contributed by atoms with Gasteiger partial charge < -0.3 is 14.7 Å². The normalized spacial score (nSPS) is 11.0. The van der Waals surface area contributed by atoms with E-state index in [0.717, 1.165) is 11.0 Å². The molecule has 2 aromatic carbocycles. The number of nitrogens with zero attached hydrogens (tertiary/aromatic N) is 2. The van der Waals surface area contributed by atoms with Crippen LogP contribution in [0.4, 0.5) is 5.69 Å². The lowest BCUT2D eigenvalue weighted by atomic mass is 10.2. The van der Waals surface area contributed by atoms with Crippen LogP contribution in [0.15, 0.2) is 52.9 Å². The van der Waals surface area contributed by atoms with Crippen LogP contribution in [0, 0.1) is 10.1 Å². The number of amides is 1. The number of aromatic nitrogens is 2. The van der Waals surface area contributed by atoms with Gasteiger partial charge in [-0.25, -0.2) is 4.98 Å². The summed E-state index contributed by atoms with van der Waals surface area (Å²) in [7, 11) is 0. The number of rotatable bonds is 4. The summed E-state index contributed by atoms with van der Waals surface area (Å²) in [6.07, 6.45) is 0. The highest BCUT2D eigenvalue weighted by Gasteiger charge is 2.15. The summed E-state index contributed by atoms with van der Waals surface area (Å²) in [5.74, 6) is 0.298. The van der Waals surface area contributed by atoms with Crippen molar-refractivity contribution in [3.8, 4) is 0 Å². The SMILES string of the molecule is O=C(NCc1nc2ccccc2[nH]1)c1cc2cc([N+](=O)[O-])ccc2o1. The van der Waals surface area contributed by atoms with Crippen molar-refractivity contribution in [1.82, 2.24) is 15.3 Å². The number of furan rings is 1. The summed E-state index contributed by atoms with van der Waals surface area (Å²) in [6, 6.07) is 13.2. The highest BCUT2D eigenvalue weighted by molar-refractivity contribution is 5.96. The van der Waals surface area contributed by atoms with E-state index in [1.54, 1.807) is 0 Å². The first kappa shape index (κ1) is 14.9. The maximum atomic E-state index is 12.2. The Morgan fingerprint density at radius 2 is 2.08 bits per heavy atom. The van der Waals surface area contributed by atoms with Gasteiger partial charge in [-0.15, -0.1) is 0 Å². The second kappa shape index (κ2) is 5.75. The van der Waals surface area contributed by atoms with Gasteiger partial charge in [-0.05, 0) is 24.3 Å². The molecular formula is C17H12N4O4. The standard InChI is InChI=1S/C17H12N4O4/c22-17(18-9-16-19-12-3-1-2-4-13(12)20-16)15-8-10-7-11(21(23)24)5-6-14(10)25-15/h1-8H,9H2,(H,18,22)(H,19,20). The summed E-state index contributed by atoms with van der Waals surface area (Å²) in [5, 5.41) is 14.0. The van der Waals surface area contributed by atoms with Crippen LogP contribution >= 0.6 is 0 Å². The summed E-state index contributed by atoms with van der Waals surface area (Å²) in [5.41, 5.74) is 2.08. The van der Waals surface area contributed by atoms with Crippen molar-refractivity contribution in [2.24, 2.45) is 0 Å². The van der Waals surface area contributed by atoms with E-state index < -0.39 is 10.8 Å². The van der Waals surface area contributed by atoms with Gasteiger partial charge in [0.15, 0.2) is 5.76 Å². The minimum Gasteiger partial charge on any atom is -0.451 e. The number of hydrogen-bond donors (Lipinski definition) is 2. The first-order valence-corrected chi connectivity index (χ1v) is 7.50. The molecule has 2 heterocycles. The Morgan fingerprint density at radius 3 is 2.88 bits per heavy atom. The van der Waals surface area contributed by atoms with E-state index >= 15 is 0 Å². The first-order valence-electron chi connectivity index (χ1n) is 7.50. The van der Waals surface area contributed by atoms with Crippen LogP contribution < -0.4 is 5.32 Å². The van der Waals surface area contributed by atoms with Gasteiger partial charge >= 0.3 is 0 Å². The van der Waals surface area contributed by atoms with E-state index in [2.05, 4.69) is 15.3 Å². The molecule has 0 unspecified atom stereocenters. The second-order valence-electron chi connectivity index (χ2n) is 5.47. The largest absolute Gasteiger partial charge is 0.451 e. The molecule has 8 nitrogen and oxygen atoms in total. The van der Waals surface area contributed by atoms with E-state index in [9.17, 15) is 14.9 Å². The average molecular weight is 336 g/mol. The van der Waals surface area contributed by atoms with Crippen LogP contribution in [0.1, 0.15) is 16.4 Å². The molecule has 4 rings (SSSR count). The zero-order valence-corrected chi connectivity index (χ0v) is 12.9.